The summed E-state index contributed by atoms with van der Waals surface area (Å²) in [5.74, 6) is 0.568. The number of halogens is 1. The monoisotopic (exact) mass is 145 g/mol. The maximum atomic E-state index is 12.8. The van der Waals surface area contributed by atoms with Crippen LogP contribution in [-0.4, -0.2) is 18.8 Å². The maximum Gasteiger partial charge on any atom is 0.103 e. The summed E-state index contributed by atoms with van der Waals surface area (Å²) >= 11 is 0. The SMILES string of the molecule is CC(C)C1CC(F)CCN1. The standard InChI is InChI=1S/C8H16FN/c1-6(2)8-5-7(9)3-4-10-8/h6-8,10H,3-5H2,1-2H3. The molecule has 1 aliphatic heterocycles. The van der Waals surface area contributed by atoms with Crippen molar-refractivity contribution in [1.82, 2.24) is 5.32 Å². The first-order chi connectivity index (χ1) is 4.70. The van der Waals surface area contributed by atoms with Crippen molar-refractivity contribution in [1.29, 1.82) is 0 Å². The molecule has 1 rings (SSSR count). The fraction of sp³-hybridized carbons (Fsp3) is 1.00. The van der Waals surface area contributed by atoms with Crippen LogP contribution in [0.5, 0.6) is 0 Å². The van der Waals surface area contributed by atoms with Gasteiger partial charge in [-0.3, -0.25) is 0 Å². The van der Waals surface area contributed by atoms with Crippen LogP contribution in [0.2, 0.25) is 0 Å². The average Bonchev–Trinajstić information content (AvgIpc) is 1.88. The highest BCUT2D eigenvalue weighted by molar-refractivity contribution is 4.79. The third kappa shape index (κ3) is 1.94. The highest BCUT2D eigenvalue weighted by Crippen LogP contribution is 2.17. The zero-order valence-electron chi connectivity index (χ0n) is 6.73. The molecule has 1 heterocycles. The van der Waals surface area contributed by atoms with Gasteiger partial charge in [0.25, 0.3) is 0 Å². The fourth-order valence-electron chi connectivity index (χ4n) is 1.41. The molecule has 0 bridgehead atoms. The van der Waals surface area contributed by atoms with E-state index in [2.05, 4.69) is 19.2 Å². The van der Waals surface area contributed by atoms with Crippen molar-refractivity contribution >= 4 is 0 Å². The molecule has 0 radical (unpaired) electrons. The number of hydrogen-bond acceptors (Lipinski definition) is 1. The van der Waals surface area contributed by atoms with Crippen molar-refractivity contribution in [2.45, 2.75) is 38.9 Å². The molecular weight excluding hydrogens is 129 g/mol. The van der Waals surface area contributed by atoms with E-state index in [1.54, 1.807) is 0 Å². The molecule has 0 amide bonds. The molecule has 0 aromatic heterocycles. The topological polar surface area (TPSA) is 12.0 Å². The molecule has 1 nitrogen and oxygen atoms in total. The molecular formula is C8H16FN. The lowest BCUT2D eigenvalue weighted by Gasteiger charge is -2.28. The molecule has 60 valence electrons. The van der Waals surface area contributed by atoms with Crippen LogP contribution in [0.15, 0.2) is 0 Å². The molecule has 0 aromatic carbocycles. The van der Waals surface area contributed by atoms with Crippen molar-refractivity contribution in [3.63, 3.8) is 0 Å². The minimum absolute atomic E-state index is 0.406. The number of hydrogen-bond donors (Lipinski definition) is 1. The minimum atomic E-state index is -0.561. The van der Waals surface area contributed by atoms with Gasteiger partial charge in [-0.15, -0.1) is 0 Å². The van der Waals surface area contributed by atoms with Gasteiger partial charge in [-0.1, -0.05) is 13.8 Å². The van der Waals surface area contributed by atoms with Crippen LogP contribution in [0.25, 0.3) is 0 Å². The Morgan fingerprint density at radius 3 is 2.60 bits per heavy atom. The molecule has 2 heteroatoms. The van der Waals surface area contributed by atoms with Crippen molar-refractivity contribution in [2.24, 2.45) is 5.92 Å². The van der Waals surface area contributed by atoms with E-state index in [9.17, 15) is 4.39 Å². The summed E-state index contributed by atoms with van der Waals surface area (Å²) < 4.78 is 12.8. The first-order valence-electron chi connectivity index (χ1n) is 4.07. The average molecular weight is 145 g/mol. The number of alkyl halides is 1. The van der Waals surface area contributed by atoms with Crippen molar-refractivity contribution in [3.8, 4) is 0 Å². The predicted molar refractivity (Wildman–Crippen MR) is 40.8 cm³/mol. The van der Waals surface area contributed by atoms with Crippen LogP contribution >= 0.6 is 0 Å². The maximum absolute atomic E-state index is 12.8. The Hall–Kier alpha value is -0.110. The van der Waals surface area contributed by atoms with Gasteiger partial charge in [0, 0.05) is 6.04 Å². The smallest absolute Gasteiger partial charge is 0.103 e. The van der Waals surface area contributed by atoms with Crippen LogP contribution < -0.4 is 5.32 Å². The number of rotatable bonds is 1. The molecule has 0 aliphatic carbocycles. The highest BCUT2D eigenvalue weighted by Gasteiger charge is 2.22. The summed E-state index contributed by atoms with van der Waals surface area (Å²) in [7, 11) is 0. The molecule has 1 saturated heterocycles. The number of piperidine rings is 1. The van der Waals surface area contributed by atoms with Crippen LogP contribution in [0.3, 0.4) is 0 Å². The van der Waals surface area contributed by atoms with Crippen molar-refractivity contribution in [2.75, 3.05) is 6.54 Å². The molecule has 0 spiro atoms. The lowest BCUT2D eigenvalue weighted by atomic mass is 9.94. The summed E-state index contributed by atoms with van der Waals surface area (Å²) in [4.78, 5) is 0. The van der Waals surface area contributed by atoms with E-state index >= 15 is 0 Å². The molecule has 1 aliphatic rings. The summed E-state index contributed by atoms with van der Waals surface area (Å²) in [6, 6.07) is 0.406. The van der Waals surface area contributed by atoms with E-state index in [-0.39, 0.29) is 0 Å². The van der Waals surface area contributed by atoms with Crippen molar-refractivity contribution < 1.29 is 4.39 Å². The lowest BCUT2D eigenvalue weighted by molar-refractivity contribution is 0.197. The lowest BCUT2D eigenvalue weighted by Crippen LogP contribution is -2.42. The van der Waals surface area contributed by atoms with Gasteiger partial charge in [-0.2, -0.15) is 0 Å². The molecule has 2 atom stereocenters. The zero-order chi connectivity index (χ0) is 7.56. The van der Waals surface area contributed by atoms with E-state index in [1.807, 2.05) is 0 Å². The molecule has 10 heavy (non-hydrogen) atoms. The summed E-state index contributed by atoms with van der Waals surface area (Å²) in [6.07, 6.45) is 0.842. The Morgan fingerprint density at radius 2 is 2.20 bits per heavy atom. The largest absolute Gasteiger partial charge is 0.314 e. The Morgan fingerprint density at radius 1 is 1.50 bits per heavy atom. The second kappa shape index (κ2) is 3.33. The van der Waals surface area contributed by atoms with E-state index in [0.717, 1.165) is 6.54 Å². The van der Waals surface area contributed by atoms with E-state index in [4.69, 9.17) is 0 Å². The minimum Gasteiger partial charge on any atom is -0.314 e. The summed E-state index contributed by atoms with van der Waals surface area (Å²) in [5.41, 5.74) is 0. The number of nitrogens with one attached hydrogen (secondary N) is 1. The Labute approximate surface area is 62.0 Å². The predicted octanol–water partition coefficient (Wildman–Crippen LogP) is 1.73. The van der Waals surface area contributed by atoms with Gasteiger partial charge in [-0.05, 0) is 25.3 Å². The molecule has 1 fully saturated rings. The molecule has 1 N–H and O–H groups in total. The third-order valence-corrected chi connectivity index (χ3v) is 2.18. The Bertz CT molecular complexity index is 103. The van der Waals surface area contributed by atoms with Crippen LogP contribution in [0.1, 0.15) is 26.7 Å². The normalized spacial score (nSPS) is 34.8. The van der Waals surface area contributed by atoms with E-state index in [0.29, 0.717) is 24.8 Å². The van der Waals surface area contributed by atoms with Gasteiger partial charge in [0.2, 0.25) is 0 Å². The Kier molecular flexibility index (Phi) is 2.66. The third-order valence-electron chi connectivity index (χ3n) is 2.18. The van der Waals surface area contributed by atoms with Gasteiger partial charge in [0.15, 0.2) is 0 Å². The second-order valence-electron chi connectivity index (χ2n) is 3.43. The van der Waals surface area contributed by atoms with Gasteiger partial charge in [0.05, 0.1) is 0 Å². The fourth-order valence-corrected chi connectivity index (χ4v) is 1.41. The Balaban J connectivity index is 2.32. The molecule has 0 aromatic rings. The first-order valence-corrected chi connectivity index (χ1v) is 4.07. The van der Waals surface area contributed by atoms with E-state index in [1.165, 1.54) is 0 Å². The van der Waals surface area contributed by atoms with Crippen LogP contribution in [0.4, 0.5) is 4.39 Å². The molecule has 2 unspecified atom stereocenters. The first kappa shape index (κ1) is 7.99. The highest BCUT2D eigenvalue weighted by atomic mass is 19.1. The van der Waals surface area contributed by atoms with E-state index < -0.39 is 6.17 Å². The van der Waals surface area contributed by atoms with Gasteiger partial charge in [0.1, 0.15) is 6.17 Å². The summed E-state index contributed by atoms with van der Waals surface area (Å²) in [5, 5.41) is 3.31. The second-order valence-corrected chi connectivity index (χ2v) is 3.43. The van der Waals surface area contributed by atoms with Crippen molar-refractivity contribution in [3.05, 3.63) is 0 Å². The van der Waals surface area contributed by atoms with Gasteiger partial charge < -0.3 is 5.32 Å². The summed E-state index contributed by atoms with van der Waals surface area (Å²) in [6.45, 7) is 5.12. The van der Waals surface area contributed by atoms with Gasteiger partial charge in [-0.25, -0.2) is 4.39 Å². The van der Waals surface area contributed by atoms with Gasteiger partial charge >= 0.3 is 0 Å². The van der Waals surface area contributed by atoms with Crippen LogP contribution in [-0.2, 0) is 0 Å². The molecule has 0 saturated carbocycles. The van der Waals surface area contributed by atoms with Crippen LogP contribution in [0, 0.1) is 5.92 Å². The zero-order valence-corrected chi connectivity index (χ0v) is 6.73. The quantitative estimate of drug-likeness (QED) is 0.592.